The average molecular weight is 450 g/mol. The second-order valence-corrected chi connectivity index (χ2v) is 8.41. The second kappa shape index (κ2) is 9.59. The summed E-state index contributed by atoms with van der Waals surface area (Å²) < 4.78 is 1.75. The highest BCUT2D eigenvalue weighted by Gasteiger charge is 2.11. The first-order valence-corrected chi connectivity index (χ1v) is 11.3. The van der Waals surface area contributed by atoms with Crippen LogP contribution in [0.4, 0.5) is 11.4 Å². The molecule has 0 spiro atoms. The number of carbonyl (C=O) groups is 2. The van der Waals surface area contributed by atoms with E-state index >= 15 is 0 Å². The lowest BCUT2D eigenvalue weighted by molar-refractivity contribution is -0.113. The fourth-order valence-corrected chi connectivity index (χ4v) is 4.23. The summed E-state index contributed by atoms with van der Waals surface area (Å²) in [5.74, 6) is -0.237. The fraction of sp³-hybridized carbons (Fsp3) is 0.0909. The zero-order valence-corrected chi connectivity index (χ0v) is 18.2. The molecule has 0 radical (unpaired) electrons. The largest absolute Gasteiger partial charge is 0.325 e. The number of thioether (sulfide) groups is 1. The summed E-state index contributed by atoms with van der Waals surface area (Å²) in [6.07, 6.45) is 1.58. The molecule has 31 heavy (non-hydrogen) atoms. The number of hydrogen-bond acceptors (Lipinski definition) is 6. The van der Waals surface area contributed by atoms with E-state index in [0.717, 1.165) is 11.1 Å². The number of anilines is 2. The SMILES string of the molecule is Cn1cnnc1SCC(=O)Nc1cccc(C(=O)Nc2cccc(-c3ccsc3)c2)c1. The molecule has 4 rings (SSSR count). The quantitative estimate of drug-likeness (QED) is 0.405. The summed E-state index contributed by atoms with van der Waals surface area (Å²) in [5, 5.41) is 18.2. The Hall–Kier alpha value is -3.43. The highest BCUT2D eigenvalue weighted by Crippen LogP contribution is 2.25. The van der Waals surface area contributed by atoms with Crippen LogP contribution in [0.2, 0.25) is 0 Å². The van der Waals surface area contributed by atoms with E-state index in [1.807, 2.05) is 42.8 Å². The minimum atomic E-state index is -0.243. The van der Waals surface area contributed by atoms with Gasteiger partial charge in [-0.05, 0) is 58.3 Å². The van der Waals surface area contributed by atoms with Crippen LogP contribution < -0.4 is 10.6 Å². The summed E-state index contributed by atoms with van der Waals surface area (Å²) in [6, 6.07) is 16.6. The molecule has 0 unspecified atom stereocenters. The van der Waals surface area contributed by atoms with E-state index in [9.17, 15) is 9.59 Å². The Balaban J connectivity index is 1.38. The van der Waals surface area contributed by atoms with Crippen LogP contribution in [-0.4, -0.2) is 32.3 Å². The van der Waals surface area contributed by atoms with E-state index in [4.69, 9.17) is 0 Å². The number of nitrogens with one attached hydrogen (secondary N) is 2. The van der Waals surface area contributed by atoms with Gasteiger partial charge in [0.2, 0.25) is 5.91 Å². The number of carbonyl (C=O) groups excluding carboxylic acids is 2. The minimum Gasteiger partial charge on any atom is -0.325 e. The zero-order chi connectivity index (χ0) is 21.6. The predicted octanol–water partition coefficient (Wildman–Crippen LogP) is 4.53. The number of hydrogen-bond donors (Lipinski definition) is 2. The van der Waals surface area contributed by atoms with Crippen LogP contribution in [0.3, 0.4) is 0 Å². The molecule has 2 aromatic carbocycles. The number of benzene rings is 2. The topological polar surface area (TPSA) is 88.9 Å². The molecule has 2 N–H and O–H groups in total. The molecule has 0 atom stereocenters. The molecule has 2 heterocycles. The smallest absolute Gasteiger partial charge is 0.255 e. The van der Waals surface area contributed by atoms with Crippen LogP contribution in [0.15, 0.2) is 76.8 Å². The molecule has 2 amide bonds. The third-order valence-electron chi connectivity index (χ3n) is 4.39. The predicted molar refractivity (Wildman–Crippen MR) is 125 cm³/mol. The lowest BCUT2D eigenvalue weighted by Crippen LogP contribution is -2.16. The Morgan fingerprint density at radius 1 is 1.03 bits per heavy atom. The van der Waals surface area contributed by atoms with Crippen molar-refractivity contribution in [3.05, 3.63) is 77.2 Å². The number of nitrogens with zero attached hydrogens (tertiary/aromatic N) is 3. The molecule has 0 aliphatic carbocycles. The molecular weight excluding hydrogens is 430 g/mol. The van der Waals surface area contributed by atoms with Crippen molar-refractivity contribution >= 4 is 46.3 Å². The first kappa shape index (κ1) is 20.8. The van der Waals surface area contributed by atoms with Crippen LogP contribution in [0.5, 0.6) is 0 Å². The minimum absolute atomic E-state index is 0.186. The van der Waals surface area contributed by atoms with Crippen LogP contribution in [0, 0.1) is 0 Å². The van der Waals surface area contributed by atoms with Gasteiger partial charge < -0.3 is 15.2 Å². The maximum Gasteiger partial charge on any atom is 0.255 e. The standard InChI is InChI=1S/C22H19N5O2S2/c1-27-14-23-26-22(27)31-13-20(28)24-18-6-3-5-16(11-18)21(29)25-19-7-2-4-15(10-19)17-8-9-30-12-17/h2-12,14H,13H2,1H3,(H,24,28)(H,25,29). The molecule has 0 fully saturated rings. The van der Waals surface area contributed by atoms with Crippen molar-refractivity contribution in [2.45, 2.75) is 5.16 Å². The fourth-order valence-electron chi connectivity index (χ4n) is 2.88. The normalized spacial score (nSPS) is 10.6. The van der Waals surface area contributed by atoms with Gasteiger partial charge in [0.15, 0.2) is 5.16 Å². The van der Waals surface area contributed by atoms with Gasteiger partial charge in [0.25, 0.3) is 5.91 Å². The van der Waals surface area contributed by atoms with Gasteiger partial charge in [-0.3, -0.25) is 9.59 Å². The lowest BCUT2D eigenvalue weighted by atomic mass is 10.1. The van der Waals surface area contributed by atoms with Gasteiger partial charge in [-0.1, -0.05) is 30.0 Å². The number of aromatic nitrogens is 3. The Labute approximate surface area is 187 Å². The first-order valence-electron chi connectivity index (χ1n) is 9.39. The van der Waals surface area contributed by atoms with E-state index in [-0.39, 0.29) is 17.6 Å². The number of thiophene rings is 1. The third-order valence-corrected chi connectivity index (χ3v) is 6.10. The Morgan fingerprint density at radius 2 is 1.84 bits per heavy atom. The molecule has 156 valence electrons. The highest BCUT2D eigenvalue weighted by atomic mass is 32.2. The summed E-state index contributed by atoms with van der Waals surface area (Å²) in [5.41, 5.74) is 3.89. The summed E-state index contributed by atoms with van der Waals surface area (Å²) in [6.45, 7) is 0. The van der Waals surface area contributed by atoms with Crippen molar-refractivity contribution < 1.29 is 9.59 Å². The maximum atomic E-state index is 12.7. The molecule has 0 bridgehead atoms. The highest BCUT2D eigenvalue weighted by molar-refractivity contribution is 7.99. The van der Waals surface area contributed by atoms with E-state index in [2.05, 4.69) is 26.2 Å². The summed E-state index contributed by atoms with van der Waals surface area (Å²) in [7, 11) is 1.82. The molecule has 0 saturated carbocycles. The van der Waals surface area contributed by atoms with Crippen LogP contribution in [-0.2, 0) is 11.8 Å². The van der Waals surface area contributed by atoms with Gasteiger partial charge in [-0.2, -0.15) is 11.3 Å². The monoisotopic (exact) mass is 449 g/mol. The van der Waals surface area contributed by atoms with Crippen LogP contribution in [0.25, 0.3) is 11.1 Å². The van der Waals surface area contributed by atoms with Gasteiger partial charge in [0.05, 0.1) is 5.75 Å². The van der Waals surface area contributed by atoms with Crippen molar-refractivity contribution in [3.8, 4) is 11.1 Å². The third kappa shape index (κ3) is 5.39. The second-order valence-electron chi connectivity index (χ2n) is 6.69. The Kier molecular flexibility index (Phi) is 6.44. The van der Waals surface area contributed by atoms with Gasteiger partial charge in [-0.25, -0.2) is 0 Å². The lowest BCUT2D eigenvalue weighted by Gasteiger charge is -2.09. The average Bonchev–Trinajstić information content (AvgIpc) is 3.45. The molecule has 7 nitrogen and oxygen atoms in total. The van der Waals surface area contributed by atoms with Crippen molar-refractivity contribution in [3.63, 3.8) is 0 Å². The first-order chi connectivity index (χ1) is 15.1. The van der Waals surface area contributed by atoms with E-state index in [1.165, 1.54) is 11.8 Å². The Morgan fingerprint density at radius 3 is 2.58 bits per heavy atom. The van der Waals surface area contributed by atoms with Gasteiger partial charge in [0.1, 0.15) is 6.33 Å². The number of aryl methyl sites for hydroxylation is 1. The maximum absolute atomic E-state index is 12.7. The molecular formula is C22H19N5O2S2. The van der Waals surface area contributed by atoms with Gasteiger partial charge in [-0.15, -0.1) is 10.2 Å². The molecule has 2 aromatic heterocycles. The molecule has 9 heteroatoms. The van der Waals surface area contributed by atoms with Crippen LogP contribution in [0.1, 0.15) is 10.4 Å². The van der Waals surface area contributed by atoms with Gasteiger partial charge >= 0.3 is 0 Å². The van der Waals surface area contributed by atoms with Crippen LogP contribution >= 0.6 is 23.1 Å². The van der Waals surface area contributed by atoms with E-state index < -0.39 is 0 Å². The van der Waals surface area contributed by atoms with E-state index in [1.54, 1.807) is 46.5 Å². The van der Waals surface area contributed by atoms with Crippen molar-refractivity contribution in [1.82, 2.24) is 14.8 Å². The summed E-state index contributed by atoms with van der Waals surface area (Å²) in [4.78, 5) is 25.0. The zero-order valence-electron chi connectivity index (χ0n) is 16.6. The van der Waals surface area contributed by atoms with Gasteiger partial charge in [0, 0.05) is 24.0 Å². The summed E-state index contributed by atoms with van der Waals surface area (Å²) >= 11 is 2.92. The van der Waals surface area contributed by atoms with Crippen molar-refractivity contribution in [2.75, 3.05) is 16.4 Å². The van der Waals surface area contributed by atoms with Crippen molar-refractivity contribution in [2.24, 2.45) is 7.05 Å². The molecule has 0 aliphatic rings. The molecule has 0 saturated heterocycles. The van der Waals surface area contributed by atoms with E-state index in [0.29, 0.717) is 22.1 Å². The Bertz CT molecular complexity index is 1200. The molecule has 4 aromatic rings. The molecule has 0 aliphatic heterocycles. The number of rotatable bonds is 7. The number of amides is 2. The van der Waals surface area contributed by atoms with Crippen molar-refractivity contribution in [1.29, 1.82) is 0 Å².